The molecule has 0 atom stereocenters. The van der Waals surface area contributed by atoms with Gasteiger partial charge in [0.2, 0.25) is 5.91 Å². The number of benzene rings is 2. The van der Waals surface area contributed by atoms with Gasteiger partial charge in [-0.15, -0.1) is 12.4 Å². The first-order valence-electron chi connectivity index (χ1n) is 9.31. The van der Waals surface area contributed by atoms with Crippen LogP contribution in [-0.4, -0.2) is 18.2 Å². The molecule has 0 unspecified atom stereocenters. The quantitative estimate of drug-likeness (QED) is 0.469. The number of hydrogen-bond acceptors (Lipinski definition) is 3. The summed E-state index contributed by atoms with van der Waals surface area (Å²) in [6.45, 7) is 2.72. The van der Waals surface area contributed by atoms with E-state index in [2.05, 4.69) is 12.2 Å². The van der Waals surface area contributed by atoms with Crippen molar-refractivity contribution < 1.29 is 9.59 Å². The fraction of sp³-hybridized carbons (Fsp3) is 0.364. The van der Waals surface area contributed by atoms with Gasteiger partial charge in [0.15, 0.2) is 5.78 Å². The normalized spacial score (nSPS) is 10.1. The number of anilines is 1. The number of ketones is 1. The largest absolute Gasteiger partial charge is 0.399 e. The van der Waals surface area contributed by atoms with Gasteiger partial charge in [-0.3, -0.25) is 9.59 Å². The van der Waals surface area contributed by atoms with E-state index in [1.165, 1.54) is 5.56 Å². The molecule has 0 heterocycles. The molecule has 0 spiro atoms. The number of aryl methyl sites for hydroxylation is 1. The molecule has 2 aromatic carbocycles. The molecule has 3 N–H and O–H groups in total. The third-order valence-corrected chi connectivity index (χ3v) is 4.39. The number of hydrogen-bond donors (Lipinski definition) is 2. The Labute approximate surface area is 168 Å². The standard InChI is InChI=1S/C22H28N2O2.ClH/c1-2-3-4-17-5-9-19(10-6-17)21(25)13-14-22(26)24-16-15-18-7-11-20(23)12-8-18;/h5-12H,2-4,13-16,23H2,1H3,(H,24,26);1H. The number of carbonyl (C=O) groups is 2. The average Bonchev–Trinajstić information content (AvgIpc) is 2.66. The molecule has 2 rings (SSSR count). The number of carbonyl (C=O) groups excluding carboxylic acids is 2. The van der Waals surface area contributed by atoms with E-state index in [1.54, 1.807) is 0 Å². The zero-order valence-corrected chi connectivity index (χ0v) is 16.7. The summed E-state index contributed by atoms with van der Waals surface area (Å²) in [5.41, 5.74) is 9.44. The van der Waals surface area contributed by atoms with Crippen LogP contribution in [0.5, 0.6) is 0 Å². The minimum absolute atomic E-state index is 0. The Balaban J connectivity index is 0.00000364. The van der Waals surface area contributed by atoms with Crippen molar-refractivity contribution in [2.75, 3.05) is 12.3 Å². The van der Waals surface area contributed by atoms with Crippen molar-refractivity contribution in [3.63, 3.8) is 0 Å². The lowest BCUT2D eigenvalue weighted by atomic mass is 10.0. The van der Waals surface area contributed by atoms with Gasteiger partial charge < -0.3 is 11.1 Å². The lowest BCUT2D eigenvalue weighted by Gasteiger charge is -2.06. The summed E-state index contributed by atoms with van der Waals surface area (Å²) in [5.74, 6) is -0.0749. The second-order valence-corrected chi connectivity index (χ2v) is 6.57. The number of nitrogen functional groups attached to an aromatic ring is 1. The van der Waals surface area contributed by atoms with Gasteiger partial charge >= 0.3 is 0 Å². The summed E-state index contributed by atoms with van der Waals surface area (Å²) in [5, 5.41) is 2.86. The molecule has 1 amide bonds. The van der Waals surface area contributed by atoms with Gasteiger partial charge in [0.05, 0.1) is 0 Å². The second-order valence-electron chi connectivity index (χ2n) is 6.57. The summed E-state index contributed by atoms with van der Waals surface area (Å²) < 4.78 is 0. The minimum atomic E-state index is -0.0895. The van der Waals surface area contributed by atoms with Crippen molar-refractivity contribution in [3.8, 4) is 0 Å². The number of halogens is 1. The third kappa shape index (κ3) is 8.27. The fourth-order valence-electron chi connectivity index (χ4n) is 2.73. The molecule has 0 aromatic heterocycles. The molecule has 2 aromatic rings. The van der Waals surface area contributed by atoms with Crippen molar-refractivity contribution in [1.82, 2.24) is 5.32 Å². The molecule has 27 heavy (non-hydrogen) atoms. The van der Waals surface area contributed by atoms with E-state index in [4.69, 9.17) is 5.73 Å². The SMILES string of the molecule is CCCCc1ccc(C(=O)CCC(=O)NCCc2ccc(N)cc2)cc1.Cl. The summed E-state index contributed by atoms with van der Waals surface area (Å²) in [7, 11) is 0. The highest BCUT2D eigenvalue weighted by Crippen LogP contribution is 2.11. The van der Waals surface area contributed by atoms with E-state index in [-0.39, 0.29) is 36.9 Å². The van der Waals surface area contributed by atoms with Crippen molar-refractivity contribution >= 4 is 29.8 Å². The Morgan fingerprint density at radius 3 is 2.11 bits per heavy atom. The summed E-state index contributed by atoms with van der Waals surface area (Å²) in [6.07, 6.45) is 4.57. The van der Waals surface area contributed by atoms with Gasteiger partial charge in [-0.2, -0.15) is 0 Å². The smallest absolute Gasteiger partial charge is 0.220 e. The highest BCUT2D eigenvalue weighted by molar-refractivity contribution is 5.97. The molecular formula is C22H29ClN2O2. The van der Waals surface area contributed by atoms with Crippen LogP contribution in [0.3, 0.4) is 0 Å². The monoisotopic (exact) mass is 388 g/mol. The molecule has 4 nitrogen and oxygen atoms in total. The molecule has 0 saturated carbocycles. The maximum atomic E-state index is 12.2. The van der Waals surface area contributed by atoms with Crippen molar-refractivity contribution in [3.05, 3.63) is 65.2 Å². The first kappa shape index (κ1) is 22.7. The van der Waals surface area contributed by atoms with Gasteiger partial charge in [0, 0.05) is 30.6 Å². The van der Waals surface area contributed by atoms with Crippen LogP contribution in [0.1, 0.15) is 54.1 Å². The number of Topliss-reactive ketones (excluding diaryl/α,β-unsaturated/α-hetero) is 1. The number of nitrogens with one attached hydrogen (secondary N) is 1. The number of nitrogens with two attached hydrogens (primary N) is 1. The summed E-state index contributed by atoms with van der Waals surface area (Å²) >= 11 is 0. The van der Waals surface area contributed by atoms with Crippen LogP contribution >= 0.6 is 12.4 Å². The lowest BCUT2D eigenvalue weighted by Crippen LogP contribution is -2.26. The molecule has 0 aliphatic carbocycles. The highest BCUT2D eigenvalue weighted by Gasteiger charge is 2.09. The minimum Gasteiger partial charge on any atom is -0.399 e. The van der Waals surface area contributed by atoms with E-state index < -0.39 is 0 Å². The van der Waals surface area contributed by atoms with E-state index in [1.807, 2.05) is 48.5 Å². The van der Waals surface area contributed by atoms with Crippen molar-refractivity contribution in [1.29, 1.82) is 0 Å². The van der Waals surface area contributed by atoms with E-state index in [9.17, 15) is 9.59 Å². The number of rotatable bonds is 10. The topological polar surface area (TPSA) is 72.2 Å². The van der Waals surface area contributed by atoms with Gasteiger partial charge in [0.25, 0.3) is 0 Å². The molecule has 0 fully saturated rings. The molecule has 0 aliphatic rings. The fourth-order valence-corrected chi connectivity index (χ4v) is 2.73. The van der Waals surface area contributed by atoms with Crippen LogP contribution in [0.4, 0.5) is 5.69 Å². The van der Waals surface area contributed by atoms with Crippen LogP contribution in [0.2, 0.25) is 0 Å². The molecule has 5 heteroatoms. The van der Waals surface area contributed by atoms with Crippen molar-refractivity contribution in [2.24, 2.45) is 0 Å². The Kier molecular flexibility index (Phi) is 10.2. The summed E-state index contributed by atoms with van der Waals surface area (Å²) in [4.78, 5) is 24.1. The average molecular weight is 389 g/mol. The van der Waals surface area contributed by atoms with Crippen LogP contribution in [0.25, 0.3) is 0 Å². The van der Waals surface area contributed by atoms with Gasteiger partial charge in [-0.1, -0.05) is 49.7 Å². The van der Waals surface area contributed by atoms with Crippen molar-refractivity contribution in [2.45, 2.75) is 45.4 Å². The Morgan fingerprint density at radius 2 is 1.48 bits per heavy atom. The molecule has 0 saturated heterocycles. The van der Waals surface area contributed by atoms with E-state index >= 15 is 0 Å². The molecule has 146 valence electrons. The highest BCUT2D eigenvalue weighted by atomic mass is 35.5. The first-order valence-corrected chi connectivity index (χ1v) is 9.31. The summed E-state index contributed by atoms with van der Waals surface area (Å²) in [6, 6.07) is 15.4. The Hall–Kier alpha value is -2.33. The molecule has 0 bridgehead atoms. The van der Waals surface area contributed by atoms with Crippen LogP contribution < -0.4 is 11.1 Å². The number of amides is 1. The molecule has 0 radical (unpaired) electrons. The molecular weight excluding hydrogens is 360 g/mol. The zero-order valence-electron chi connectivity index (χ0n) is 15.9. The van der Waals surface area contributed by atoms with Gasteiger partial charge in [-0.25, -0.2) is 0 Å². The Morgan fingerprint density at radius 1 is 0.889 bits per heavy atom. The van der Waals surface area contributed by atoms with Crippen LogP contribution in [0, 0.1) is 0 Å². The van der Waals surface area contributed by atoms with Gasteiger partial charge in [-0.05, 0) is 42.5 Å². The van der Waals surface area contributed by atoms with E-state index in [0.717, 1.165) is 36.9 Å². The predicted molar refractivity (Wildman–Crippen MR) is 113 cm³/mol. The maximum absolute atomic E-state index is 12.2. The lowest BCUT2D eigenvalue weighted by molar-refractivity contribution is -0.121. The second kappa shape index (κ2) is 12.1. The maximum Gasteiger partial charge on any atom is 0.220 e. The van der Waals surface area contributed by atoms with Gasteiger partial charge in [0.1, 0.15) is 0 Å². The zero-order chi connectivity index (χ0) is 18.8. The van der Waals surface area contributed by atoms with E-state index in [0.29, 0.717) is 12.1 Å². The van der Waals surface area contributed by atoms with Crippen LogP contribution in [-0.2, 0) is 17.6 Å². The van der Waals surface area contributed by atoms with Crippen LogP contribution in [0.15, 0.2) is 48.5 Å². The predicted octanol–water partition coefficient (Wildman–Crippen LogP) is 4.36. The Bertz CT molecular complexity index is 712. The number of unbranched alkanes of at least 4 members (excludes halogenated alkanes) is 1. The molecule has 0 aliphatic heterocycles. The third-order valence-electron chi connectivity index (χ3n) is 4.39. The first-order chi connectivity index (χ1) is 12.6.